The van der Waals surface area contributed by atoms with Crippen LogP contribution in [0.4, 0.5) is 0 Å². The third-order valence-corrected chi connectivity index (χ3v) is 4.71. The molecular formula is C16H32N2. The maximum Gasteiger partial charge on any atom is 0.0223 e. The highest BCUT2D eigenvalue weighted by molar-refractivity contribution is 4.88. The van der Waals surface area contributed by atoms with Crippen molar-refractivity contribution in [1.29, 1.82) is 0 Å². The second kappa shape index (κ2) is 6.91. The van der Waals surface area contributed by atoms with Gasteiger partial charge in [-0.3, -0.25) is 4.90 Å². The number of nitrogens with zero attached hydrogens (tertiary/aromatic N) is 1. The van der Waals surface area contributed by atoms with E-state index in [1.165, 1.54) is 58.2 Å². The van der Waals surface area contributed by atoms with Crippen molar-refractivity contribution in [3.05, 3.63) is 0 Å². The average molecular weight is 252 g/mol. The molecule has 0 aromatic heterocycles. The SMILES string of the molecule is CCCC1CN(CC2CCC2)C(CC(C)C)CN1. The third-order valence-electron chi connectivity index (χ3n) is 4.71. The number of rotatable bonds is 6. The summed E-state index contributed by atoms with van der Waals surface area (Å²) in [6.45, 7) is 10.9. The fraction of sp³-hybridized carbons (Fsp3) is 1.00. The van der Waals surface area contributed by atoms with Crippen molar-refractivity contribution in [2.24, 2.45) is 11.8 Å². The summed E-state index contributed by atoms with van der Waals surface area (Å²) in [4.78, 5) is 2.82. The van der Waals surface area contributed by atoms with Gasteiger partial charge < -0.3 is 5.32 Å². The van der Waals surface area contributed by atoms with Crippen molar-refractivity contribution in [1.82, 2.24) is 10.2 Å². The number of hydrogen-bond acceptors (Lipinski definition) is 2. The van der Waals surface area contributed by atoms with Gasteiger partial charge in [-0.05, 0) is 37.5 Å². The number of nitrogens with one attached hydrogen (secondary N) is 1. The van der Waals surface area contributed by atoms with E-state index in [2.05, 4.69) is 31.0 Å². The quantitative estimate of drug-likeness (QED) is 0.780. The Hall–Kier alpha value is -0.0800. The summed E-state index contributed by atoms with van der Waals surface area (Å²) in [5.41, 5.74) is 0. The molecule has 2 nitrogen and oxygen atoms in total. The second-order valence-corrected chi connectivity index (χ2v) is 6.93. The predicted octanol–water partition coefficient (Wildman–Crippen LogP) is 3.28. The van der Waals surface area contributed by atoms with Gasteiger partial charge in [0.15, 0.2) is 0 Å². The number of piperazine rings is 1. The van der Waals surface area contributed by atoms with Crippen LogP contribution in [-0.2, 0) is 0 Å². The maximum absolute atomic E-state index is 3.77. The molecule has 2 heteroatoms. The molecule has 2 atom stereocenters. The lowest BCUT2D eigenvalue weighted by Gasteiger charge is -2.44. The van der Waals surface area contributed by atoms with E-state index in [0.717, 1.165) is 23.9 Å². The third kappa shape index (κ3) is 3.96. The molecule has 0 spiro atoms. The van der Waals surface area contributed by atoms with Crippen LogP contribution in [0.25, 0.3) is 0 Å². The van der Waals surface area contributed by atoms with Crippen LogP contribution in [-0.4, -0.2) is 36.6 Å². The van der Waals surface area contributed by atoms with Crippen molar-refractivity contribution in [3.63, 3.8) is 0 Å². The van der Waals surface area contributed by atoms with E-state index in [-0.39, 0.29) is 0 Å². The van der Waals surface area contributed by atoms with Crippen molar-refractivity contribution in [3.8, 4) is 0 Å². The lowest BCUT2D eigenvalue weighted by Crippen LogP contribution is -2.58. The molecule has 1 heterocycles. The summed E-state index contributed by atoms with van der Waals surface area (Å²) in [6.07, 6.45) is 8.45. The lowest BCUT2D eigenvalue weighted by molar-refractivity contribution is 0.0754. The summed E-state index contributed by atoms with van der Waals surface area (Å²) in [5, 5.41) is 3.77. The van der Waals surface area contributed by atoms with Gasteiger partial charge in [0.2, 0.25) is 0 Å². The zero-order valence-electron chi connectivity index (χ0n) is 12.6. The van der Waals surface area contributed by atoms with E-state index in [1.54, 1.807) is 0 Å². The minimum Gasteiger partial charge on any atom is -0.311 e. The molecule has 2 fully saturated rings. The van der Waals surface area contributed by atoms with E-state index in [0.29, 0.717) is 0 Å². The number of hydrogen-bond donors (Lipinski definition) is 1. The topological polar surface area (TPSA) is 15.3 Å². The Kier molecular flexibility index (Phi) is 5.50. The second-order valence-electron chi connectivity index (χ2n) is 6.93. The molecule has 1 saturated heterocycles. The van der Waals surface area contributed by atoms with Crippen LogP contribution in [0.3, 0.4) is 0 Å². The van der Waals surface area contributed by atoms with Crippen LogP contribution < -0.4 is 5.32 Å². The minimum atomic E-state index is 0.749. The molecule has 0 radical (unpaired) electrons. The molecule has 1 aliphatic carbocycles. The largest absolute Gasteiger partial charge is 0.311 e. The van der Waals surface area contributed by atoms with Gasteiger partial charge >= 0.3 is 0 Å². The zero-order chi connectivity index (χ0) is 13.0. The van der Waals surface area contributed by atoms with Gasteiger partial charge in [-0.15, -0.1) is 0 Å². The van der Waals surface area contributed by atoms with Crippen LogP contribution in [0.5, 0.6) is 0 Å². The molecule has 2 unspecified atom stereocenters. The van der Waals surface area contributed by atoms with Crippen LogP contribution in [0, 0.1) is 11.8 Å². The zero-order valence-corrected chi connectivity index (χ0v) is 12.6. The molecule has 2 rings (SSSR count). The van der Waals surface area contributed by atoms with E-state index < -0.39 is 0 Å². The average Bonchev–Trinajstić information content (AvgIpc) is 2.26. The molecule has 106 valence electrons. The molecule has 0 aromatic carbocycles. The Morgan fingerprint density at radius 1 is 1.28 bits per heavy atom. The summed E-state index contributed by atoms with van der Waals surface area (Å²) in [5.74, 6) is 1.84. The van der Waals surface area contributed by atoms with Crippen molar-refractivity contribution in [2.75, 3.05) is 19.6 Å². The minimum absolute atomic E-state index is 0.749. The highest BCUT2D eigenvalue weighted by Crippen LogP contribution is 2.29. The molecule has 0 aromatic rings. The van der Waals surface area contributed by atoms with Gasteiger partial charge in [-0.2, -0.15) is 0 Å². The van der Waals surface area contributed by atoms with Gasteiger partial charge in [0.1, 0.15) is 0 Å². The van der Waals surface area contributed by atoms with Gasteiger partial charge in [0.25, 0.3) is 0 Å². The van der Waals surface area contributed by atoms with E-state index in [1.807, 2.05) is 0 Å². The summed E-state index contributed by atoms with van der Waals surface area (Å²) < 4.78 is 0. The summed E-state index contributed by atoms with van der Waals surface area (Å²) in [7, 11) is 0. The fourth-order valence-electron chi connectivity index (χ4n) is 3.48. The molecule has 18 heavy (non-hydrogen) atoms. The van der Waals surface area contributed by atoms with Gasteiger partial charge in [-0.25, -0.2) is 0 Å². The summed E-state index contributed by atoms with van der Waals surface area (Å²) in [6, 6.07) is 1.54. The Labute approximate surface area is 114 Å². The molecule has 1 N–H and O–H groups in total. The monoisotopic (exact) mass is 252 g/mol. The Morgan fingerprint density at radius 3 is 2.61 bits per heavy atom. The van der Waals surface area contributed by atoms with Crippen LogP contribution in [0.1, 0.15) is 59.3 Å². The molecule has 0 amide bonds. The Balaban J connectivity index is 1.86. The van der Waals surface area contributed by atoms with Crippen LogP contribution in [0.2, 0.25) is 0 Å². The molecule has 2 aliphatic rings. The van der Waals surface area contributed by atoms with E-state index >= 15 is 0 Å². The van der Waals surface area contributed by atoms with Crippen molar-refractivity contribution in [2.45, 2.75) is 71.4 Å². The first-order chi connectivity index (χ1) is 8.69. The van der Waals surface area contributed by atoms with Gasteiger partial charge in [0.05, 0.1) is 0 Å². The molecule has 0 bridgehead atoms. The molecule has 1 aliphatic heterocycles. The molecular weight excluding hydrogens is 220 g/mol. The first-order valence-electron chi connectivity index (χ1n) is 8.16. The standard InChI is InChI=1S/C16H32N2/c1-4-6-15-12-18(11-14-7-5-8-14)16(10-17-15)9-13(2)3/h13-17H,4-12H2,1-3H3. The fourth-order valence-corrected chi connectivity index (χ4v) is 3.48. The van der Waals surface area contributed by atoms with E-state index in [4.69, 9.17) is 0 Å². The van der Waals surface area contributed by atoms with Crippen LogP contribution >= 0.6 is 0 Å². The Bertz CT molecular complexity index is 235. The maximum atomic E-state index is 3.77. The Morgan fingerprint density at radius 2 is 2.06 bits per heavy atom. The lowest BCUT2D eigenvalue weighted by atomic mass is 9.84. The first kappa shape index (κ1) is 14.3. The summed E-state index contributed by atoms with van der Waals surface area (Å²) >= 11 is 0. The van der Waals surface area contributed by atoms with Gasteiger partial charge in [0, 0.05) is 31.7 Å². The smallest absolute Gasteiger partial charge is 0.0223 e. The first-order valence-corrected chi connectivity index (χ1v) is 8.16. The molecule has 1 saturated carbocycles. The highest BCUT2D eigenvalue weighted by atomic mass is 15.2. The van der Waals surface area contributed by atoms with E-state index in [9.17, 15) is 0 Å². The van der Waals surface area contributed by atoms with Crippen LogP contribution in [0.15, 0.2) is 0 Å². The van der Waals surface area contributed by atoms with Crippen molar-refractivity contribution >= 4 is 0 Å². The van der Waals surface area contributed by atoms with Crippen molar-refractivity contribution < 1.29 is 0 Å². The van der Waals surface area contributed by atoms with Gasteiger partial charge in [-0.1, -0.05) is 33.6 Å². The predicted molar refractivity (Wildman–Crippen MR) is 78.9 cm³/mol. The highest BCUT2D eigenvalue weighted by Gasteiger charge is 2.30. The normalized spacial score (nSPS) is 30.7.